The highest BCUT2D eigenvalue weighted by Crippen LogP contribution is 2.40. The lowest BCUT2D eigenvalue weighted by molar-refractivity contribution is -0.142. The third-order valence-corrected chi connectivity index (χ3v) is 4.62. The molecule has 0 heterocycles. The summed E-state index contributed by atoms with van der Waals surface area (Å²) in [5.74, 6) is 1.58. The second kappa shape index (κ2) is 8.75. The fraction of sp³-hybridized carbons (Fsp3) is 0.409. The van der Waals surface area contributed by atoms with Crippen molar-refractivity contribution in [3.63, 3.8) is 0 Å². The van der Waals surface area contributed by atoms with E-state index in [1.54, 1.807) is 0 Å². The van der Waals surface area contributed by atoms with Crippen molar-refractivity contribution in [2.75, 3.05) is 13.7 Å². The standard InChI is InChI=1S/C22H26O4/c1-3-25-19-12-18(21(22(23)24-2)11-16-9-10-16)13-20(14-19)26-15-17-7-5-4-6-8-17/h4-8,12-14,16,21H,3,9-11,15H2,1-2H3. The van der Waals surface area contributed by atoms with Crippen molar-refractivity contribution in [2.45, 2.75) is 38.7 Å². The van der Waals surface area contributed by atoms with E-state index in [1.807, 2.05) is 55.5 Å². The lowest BCUT2D eigenvalue weighted by Crippen LogP contribution is -2.15. The molecule has 0 saturated heterocycles. The number of hydrogen-bond donors (Lipinski definition) is 0. The van der Waals surface area contributed by atoms with Gasteiger partial charge in [-0.05, 0) is 42.5 Å². The van der Waals surface area contributed by atoms with Gasteiger partial charge >= 0.3 is 5.97 Å². The Morgan fingerprint density at radius 3 is 2.38 bits per heavy atom. The normalized spacial score (nSPS) is 14.5. The number of carbonyl (C=O) groups excluding carboxylic acids is 1. The number of rotatable bonds is 9. The van der Waals surface area contributed by atoms with Gasteiger partial charge in [0.2, 0.25) is 0 Å². The highest BCUT2D eigenvalue weighted by molar-refractivity contribution is 5.78. The van der Waals surface area contributed by atoms with Crippen LogP contribution in [0.2, 0.25) is 0 Å². The number of esters is 1. The van der Waals surface area contributed by atoms with E-state index in [9.17, 15) is 4.79 Å². The number of ether oxygens (including phenoxy) is 3. The molecule has 2 aromatic rings. The van der Waals surface area contributed by atoms with Crippen LogP contribution in [0.3, 0.4) is 0 Å². The number of carbonyl (C=O) groups is 1. The van der Waals surface area contributed by atoms with E-state index in [1.165, 1.54) is 20.0 Å². The van der Waals surface area contributed by atoms with Crippen LogP contribution in [0.5, 0.6) is 11.5 Å². The fourth-order valence-corrected chi connectivity index (χ4v) is 3.07. The minimum atomic E-state index is -0.271. The summed E-state index contributed by atoms with van der Waals surface area (Å²) >= 11 is 0. The third kappa shape index (κ3) is 5.01. The summed E-state index contributed by atoms with van der Waals surface area (Å²) in [7, 11) is 1.45. The smallest absolute Gasteiger partial charge is 0.313 e. The van der Waals surface area contributed by atoms with Crippen LogP contribution < -0.4 is 9.47 Å². The summed E-state index contributed by atoms with van der Waals surface area (Å²) in [6.07, 6.45) is 3.20. The molecule has 2 aromatic carbocycles. The lowest BCUT2D eigenvalue weighted by Gasteiger charge is -2.18. The molecular weight excluding hydrogens is 328 g/mol. The topological polar surface area (TPSA) is 44.8 Å². The molecule has 0 bridgehead atoms. The molecule has 3 rings (SSSR count). The average Bonchev–Trinajstić information content (AvgIpc) is 3.49. The van der Waals surface area contributed by atoms with E-state index >= 15 is 0 Å². The Morgan fingerprint density at radius 2 is 1.77 bits per heavy atom. The first-order chi connectivity index (χ1) is 12.7. The van der Waals surface area contributed by atoms with Crippen molar-refractivity contribution in [1.82, 2.24) is 0 Å². The Hall–Kier alpha value is -2.49. The predicted molar refractivity (Wildman–Crippen MR) is 100 cm³/mol. The molecule has 4 nitrogen and oxygen atoms in total. The van der Waals surface area contributed by atoms with Gasteiger partial charge in [-0.15, -0.1) is 0 Å². The Kier molecular flexibility index (Phi) is 6.16. The summed E-state index contributed by atoms with van der Waals surface area (Å²) in [5.41, 5.74) is 2.00. The van der Waals surface area contributed by atoms with Crippen molar-refractivity contribution in [3.8, 4) is 11.5 Å². The molecule has 1 fully saturated rings. The summed E-state index contributed by atoms with van der Waals surface area (Å²) in [5, 5.41) is 0. The molecular formula is C22H26O4. The summed E-state index contributed by atoms with van der Waals surface area (Å²) < 4.78 is 16.7. The Bertz CT molecular complexity index is 722. The van der Waals surface area contributed by atoms with Crippen LogP contribution in [0.4, 0.5) is 0 Å². The van der Waals surface area contributed by atoms with Crippen LogP contribution in [0.25, 0.3) is 0 Å². The van der Waals surface area contributed by atoms with Gasteiger partial charge in [0.05, 0.1) is 19.6 Å². The van der Waals surface area contributed by atoms with E-state index in [-0.39, 0.29) is 11.9 Å². The fourth-order valence-electron chi connectivity index (χ4n) is 3.07. The van der Waals surface area contributed by atoms with Gasteiger partial charge in [0.1, 0.15) is 18.1 Å². The molecule has 138 valence electrons. The van der Waals surface area contributed by atoms with E-state index < -0.39 is 0 Å². The van der Waals surface area contributed by atoms with Gasteiger partial charge in [0.15, 0.2) is 0 Å². The van der Waals surface area contributed by atoms with Crippen molar-refractivity contribution in [3.05, 3.63) is 59.7 Å². The molecule has 26 heavy (non-hydrogen) atoms. The van der Waals surface area contributed by atoms with Gasteiger partial charge in [0, 0.05) is 6.07 Å². The van der Waals surface area contributed by atoms with E-state index in [2.05, 4.69) is 0 Å². The largest absolute Gasteiger partial charge is 0.494 e. The first-order valence-corrected chi connectivity index (χ1v) is 9.22. The van der Waals surface area contributed by atoms with Gasteiger partial charge in [-0.2, -0.15) is 0 Å². The van der Waals surface area contributed by atoms with Crippen LogP contribution in [-0.4, -0.2) is 19.7 Å². The van der Waals surface area contributed by atoms with E-state index in [4.69, 9.17) is 14.2 Å². The SMILES string of the molecule is CCOc1cc(OCc2ccccc2)cc(C(CC2CC2)C(=O)OC)c1. The highest BCUT2D eigenvalue weighted by atomic mass is 16.5. The molecule has 1 aliphatic carbocycles. The van der Waals surface area contributed by atoms with Crippen molar-refractivity contribution in [1.29, 1.82) is 0 Å². The average molecular weight is 354 g/mol. The van der Waals surface area contributed by atoms with Crippen molar-refractivity contribution >= 4 is 5.97 Å². The Labute approximate surface area is 155 Å². The molecule has 1 aliphatic rings. The minimum absolute atomic E-state index is 0.195. The lowest BCUT2D eigenvalue weighted by atomic mass is 9.93. The molecule has 4 heteroatoms. The molecule has 1 atom stereocenters. The monoisotopic (exact) mass is 354 g/mol. The predicted octanol–water partition coefficient (Wildman–Crippen LogP) is 4.72. The Balaban J connectivity index is 1.82. The van der Waals surface area contributed by atoms with Gasteiger partial charge in [0.25, 0.3) is 0 Å². The summed E-state index contributed by atoms with van der Waals surface area (Å²) in [4.78, 5) is 12.3. The van der Waals surface area contributed by atoms with Crippen LogP contribution in [0.15, 0.2) is 48.5 Å². The zero-order chi connectivity index (χ0) is 18.4. The van der Waals surface area contributed by atoms with Gasteiger partial charge in [-0.1, -0.05) is 43.2 Å². The second-order valence-corrected chi connectivity index (χ2v) is 6.70. The first kappa shape index (κ1) is 18.3. The molecule has 0 N–H and O–H groups in total. The summed E-state index contributed by atoms with van der Waals surface area (Å²) in [6, 6.07) is 15.8. The molecule has 0 amide bonds. The third-order valence-electron chi connectivity index (χ3n) is 4.62. The zero-order valence-electron chi connectivity index (χ0n) is 15.4. The maximum Gasteiger partial charge on any atom is 0.313 e. The van der Waals surface area contributed by atoms with Gasteiger partial charge in [-0.25, -0.2) is 0 Å². The van der Waals surface area contributed by atoms with Gasteiger partial charge < -0.3 is 14.2 Å². The number of hydrogen-bond acceptors (Lipinski definition) is 4. The van der Waals surface area contributed by atoms with Crippen molar-refractivity contribution in [2.24, 2.45) is 5.92 Å². The molecule has 0 spiro atoms. The Morgan fingerprint density at radius 1 is 1.08 bits per heavy atom. The highest BCUT2D eigenvalue weighted by Gasteiger charge is 2.31. The van der Waals surface area contributed by atoms with Crippen LogP contribution in [0.1, 0.15) is 43.2 Å². The number of benzene rings is 2. The molecule has 1 unspecified atom stereocenters. The van der Waals surface area contributed by atoms with E-state index in [0.717, 1.165) is 23.3 Å². The maximum atomic E-state index is 12.3. The van der Waals surface area contributed by atoms with E-state index in [0.29, 0.717) is 24.9 Å². The first-order valence-electron chi connectivity index (χ1n) is 9.22. The molecule has 0 radical (unpaired) electrons. The second-order valence-electron chi connectivity index (χ2n) is 6.70. The maximum absolute atomic E-state index is 12.3. The number of methoxy groups -OCH3 is 1. The van der Waals surface area contributed by atoms with Crippen molar-refractivity contribution < 1.29 is 19.0 Å². The quantitative estimate of drug-likeness (QED) is 0.611. The van der Waals surface area contributed by atoms with Crippen LogP contribution >= 0.6 is 0 Å². The minimum Gasteiger partial charge on any atom is -0.494 e. The molecule has 1 saturated carbocycles. The molecule has 0 aromatic heterocycles. The van der Waals surface area contributed by atoms with Crippen LogP contribution in [0, 0.1) is 5.92 Å². The van der Waals surface area contributed by atoms with Crippen LogP contribution in [-0.2, 0) is 16.1 Å². The summed E-state index contributed by atoms with van der Waals surface area (Å²) in [6.45, 7) is 2.98. The molecule has 0 aliphatic heterocycles. The van der Waals surface area contributed by atoms with Gasteiger partial charge in [-0.3, -0.25) is 4.79 Å². The zero-order valence-corrected chi connectivity index (χ0v) is 15.4.